The van der Waals surface area contributed by atoms with Gasteiger partial charge in [-0.25, -0.2) is 15.0 Å². The monoisotopic (exact) mass is 414 g/mol. The molecule has 0 saturated heterocycles. The van der Waals surface area contributed by atoms with Crippen molar-refractivity contribution in [2.75, 3.05) is 5.32 Å². The molecule has 2 N–H and O–H groups in total. The number of rotatable bonds is 4. The number of pyridine rings is 1. The number of anilines is 1. The molecule has 3 aromatic heterocycles. The van der Waals surface area contributed by atoms with Crippen LogP contribution in [0.1, 0.15) is 50.2 Å². The molecule has 1 aliphatic carbocycles. The van der Waals surface area contributed by atoms with Crippen molar-refractivity contribution < 1.29 is 13.2 Å². The maximum Gasteiger partial charge on any atom is 0.417 e. The number of aromatic nitrogens is 4. The fourth-order valence-corrected chi connectivity index (χ4v) is 4.05. The summed E-state index contributed by atoms with van der Waals surface area (Å²) < 4.78 is 39.4. The lowest BCUT2D eigenvalue weighted by Crippen LogP contribution is -2.28. The molecule has 1 atom stereocenters. The van der Waals surface area contributed by atoms with E-state index in [1.54, 1.807) is 0 Å². The van der Waals surface area contributed by atoms with E-state index in [1.165, 1.54) is 31.7 Å². The Balaban J connectivity index is 1.71. The van der Waals surface area contributed by atoms with Gasteiger partial charge in [0.05, 0.1) is 23.0 Å². The second-order valence-electron chi connectivity index (χ2n) is 7.72. The predicted octanol–water partition coefficient (Wildman–Crippen LogP) is 5.29. The van der Waals surface area contributed by atoms with Gasteiger partial charge in [-0.1, -0.05) is 19.3 Å². The Hall–Kier alpha value is -3.15. The van der Waals surface area contributed by atoms with E-state index in [1.807, 2.05) is 6.07 Å². The van der Waals surface area contributed by atoms with Crippen LogP contribution in [-0.4, -0.2) is 26.0 Å². The van der Waals surface area contributed by atoms with Gasteiger partial charge in [-0.3, -0.25) is 0 Å². The number of halogens is 3. The van der Waals surface area contributed by atoms with Crippen LogP contribution in [0.5, 0.6) is 0 Å². The number of nitrogens with one attached hydrogen (secondary N) is 2. The predicted molar refractivity (Wildman–Crippen MR) is 106 cm³/mol. The highest BCUT2D eigenvalue weighted by Crippen LogP contribution is 2.35. The summed E-state index contributed by atoms with van der Waals surface area (Å²) in [6, 6.07) is 3.21. The highest BCUT2D eigenvalue weighted by atomic mass is 19.4. The molecule has 0 unspecified atom stereocenters. The van der Waals surface area contributed by atoms with E-state index in [0.29, 0.717) is 23.1 Å². The first-order valence-corrected chi connectivity index (χ1v) is 9.95. The maximum atomic E-state index is 13.1. The largest absolute Gasteiger partial charge is 0.417 e. The first kappa shape index (κ1) is 20.1. The smallest absolute Gasteiger partial charge is 0.351 e. The molecular weight excluding hydrogens is 393 g/mol. The van der Waals surface area contributed by atoms with Gasteiger partial charge in [-0.2, -0.15) is 18.4 Å². The molecular formula is C21H21F3N6. The van der Waals surface area contributed by atoms with Crippen LogP contribution in [0.3, 0.4) is 0 Å². The molecule has 30 heavy (non-hydrogen) atoms. The Kier molecular flexibility index (Phi) is 5.33. The number of hydrogen-bond donors (Lipinski definition) is 2. The Bertz CT molecular complexity index is 1090. The van der Waals surface area contributed by atoms with Crippen LogP contribution >= 0.6 is 0 Å². The lowest BCUT2D eigenvalue weighted by Gasteiger charge is -2.28. The van der Waals surface area contributed by atoms with Gasteiger partial charge < -0.3 is 10.3 Å². The van der Waals surface area contributed by atoms with Crippen molar-refractivity contribution in [3.63, 3.8) is 0 Å². The third-order valence-corrected chi connectivity index (χ3v) is 5.74. The standard InChI is InChI=1S/C21H21F3N6/c1-12(13-5-3-2-4-6-13)29-20-28-9-14(8-25)18(30-20)17-11-27-19-16(17)7-15(10-26-19)21(22,23)24/h7,9-13H,2-6H2,1H3,(H,26,27)(H,28,29,30)/t12-/m1/s1. The second kappa shape index (κ2) is 7.94. The average Bonchev–Trinajstić information content (AvgIpc) is 3.17. The zero-order valence-electron chi connectivity index (χ0n) is 16.4. The lowest BCUT2D eigenvalue weighted by atomic mass is 9.85. The number of nitrogens with zero attached hydrogens (tertiary/aromatic N) is 4. The highest BCUT2D eigenvalue weighted by Gasteiger charge is 2.32. The van der Waals surface area contributed by atoms with Crippen LogP contribution in [0.15, 0.2) is 24.7 Å². The van der Waals surface area contributed by atoms with Gasteiger partial charge in [0.25, 0.3) is 0 Å². The van der Waals surface area contributed by atoms with Gasteiger partial charge in [0.2, 0.25) is 5.95 Å². The van der Waals surface area contributed by atoms with Crippen LogP contribution in [0, 0.1) is 17.2 Å². The molecule has 6 nitrogen and oxygen atoms in total. The SMILES string of the molecule is C[C@@H](Nc1ncc(C#N)c(-c2c[nH]c3ncc(C(F)(F)F)cc23)n1)C1CCCCC1. The highest BCUT2D eigenvalue weighted by molar-refractivity contribution is 5.94. The van der Waals surface area contributed by atoms with Crippen LogP contribution in [0.25, 0.3) is 22.3 Å². The summed E-state index contributed by atoms with van der Waals surface area (Å²) >= 11 is 0. The first-order valence-electron chi connectivity index (χ1n) is 9.95. The van der Waals surface area contributed by atoms with Crippen molar-refractivity contribution in [2.24, 2.45) is 5.92 Å². The Morgan fingerprint density at radius 3 is 2.67 bits per heavy atom. The van der Waals surface area contributed by atoms with Gasteiger partial charge in [-0.15, -0.1) is 0 Å². The van der Waals surface area contributed by atoms with E-state index < -0.39 is 11.7 Å². The van der Waals surface area contributed by atoms with E-state index in [4.69, 9.17) is 0 Å². The average molecular weight is 414 g/mol. The van der Waals surface area contributed by atoms with Crippen molar-refractivity contribution >= 4 is 17.0 Å². The molecule has 3 heterocycles. The fourth-order valence-electron chi connectivity index (χ4n) is 4.05. The minimum Gasteiger partial charge on any atom is -0.351 e. The van der Waals surface area contributed by atoms with Crippen molar-refractivity contribution in [3.05, 3.63) is 35.8 Å². The van der Waals surface area contributed by atoms with E-state index in [0.717, 1.165) is 25.1 Å². The van der Waals surface area contributed by atoms with E-state index >= 15 is 0 Å². The number of aromatic amines is 1. The van der Waals surface area contributed by atoms with E-state index in [9.17, 15) is 18.4 Å². The van der Waals surface area contributed by atoms with Gasteiger partial charge >= 0.3 is 6.18 Å². The van der Waals surface area contributed by atoms with Gasteiger partial charge in [0.1, 0.15) is 11.7 Å². The molecule has 4 rings (SSSR count). The van der Waals surface area contributed by atoms with Gasteiger partial charge in [0.15, 0.2) is 0 Å². The first-order chi connectivity index (χ1) is 14.4. The molecule has 0 amide bonds. The number of H-pyrrole nitrogens is 1. The molecule has 0 aliphatic heterocycles. The maximum absolute atomic E-state index is 13.1. The van der Waals surface area contributed by atoms with Crippen LogP contribution in [0.2, 0.25) is 0 Å². The molecule has 0 aromatic carbocycles. The van der Waals surface area contributed by atoms with Crippen molar-refractivity contribution in [2.45, 2.75) is 51.2 Å². The molecule has 1 aliphatic rings. The number of hydrogen-bond acceptors (Lipinski definition) is 5. The molecule has 1 saturated carbocycles. The van der Waals surface area contributed by atoms with E-state index in [-0.39, 0.29) is 22.7 Å². The Morgan fingerprint density at radius 1 is 1.20 bits per heavy atom. The number of alkyl halides is 3. The summed E-state index contributed by atoms with van der Waals surface area (Å²) in [4.78, 5) is 15.5. The third-order valence-electron chi connectivity index (χ3n) is 5.74. The quantitative estimate of drug-likeness (QED) is 0.605. The summed E-state index contributed by atoms with van der Waals surface area (Å²) in [7, 11) is 0. The summed E-state index contributed by atoms with van der Waals surface area (Å²) in [6.07, 6.45) is 5.16. The van der Waals surface area contributed by atoms with Crippen molar-refractivity contribution in [3.8, 4) is 17.3 Å². The van der Waals surface area contributed by atoms with Crippen molar-refractivity contribution in [1.82, 2.24) is 19.9 Å². The minimum absolute atomic E-state index is 0.160. The zero-order valence-corrected chi connectivity index (χ0v) is 16.4. The lowest BCUT2D eigenvalue weighted by molar-refractivity contribution is -0.137. The molecule has 9 heteroatoms. The third kappa shape index (κ3) is 3.95. The molecule has 156 valence electrons. The molecule has 0 spiro atoms. The Labute approximate surface area is 171 Å². The molecule has 0 bridgehead atoms. The van der Waals surface area contributed by atoms with E-state index in [2.05, 4.69) is 32.2 Å². The minimum atomic E-state index is -4.51. The fraction of sp³-hybridized carbons (Fsp3) is 0.429. The molecule has 0 radical (unpaired) electrons. The Morgan fingerprint density at radius 2 is 1.97 bits per heavy atom. The number of nitriles is 1. The van der Waals surface area contributed by atoms with Gasteiger partial charge in [0, 0.05) is 29.4 Å². The van der Waals surface area contributed by atoms with Crippen LogP contribution < -0.4 is 5.32 Å². The topological polar surface area (TPSA) is 90.3 Å². The van der Waals surface area contributed by atoms with Crippen LogP contribution in [-0.2, 0) is 6.18 Å². The zero-order chi connectivity index (χ0) is 21.3. The summed E-state index contributed by atoms with van der Waals surface area (Å²) in [6.45, 7) is 2.09. The molecule has 1 fully saturated rings. The van der Waals surface area contributed by atoms with Crippen LogP contribution in [0.4, 0.5) is 19.1 Å². The normalized spacial score (nSPS) is 16.4. The summed E-state index contributed by atoms with van der Waals surface area (Å²) in [5, 5.41) is 13.1. The van der Waals surface area contributed by atoms with Gasteiger partial charge in [-0.05, 0) is 31.7 Å². The molecule has 3 aromatic rings. The second-order valence-corrected chi connectivity index (χ2v) is 7.72. The summed E-state index contributed by atoms with van der Waals surface area (Å²) in [5.74, 6) is 0.879. The number of fused-ring (bicyclic) bond motifs is 1. The van der Waals surface area contributed by atoms with Crippen molar-refractivity contribution in [1.29, 1.82) is 5.26 Å². The summed E-state index contributed by atoms with van der Waals surface area (Å²) in [5.41, 5.74) is 0.289.